The smallest absolute Gasteiger partial charge is 0.303 e. The number of nitrogens with two attached hydrogens (primary N) is 1. The van der Waals surface area contributed by atoms with Gasteiger partial charge in [0.25, 0.3) is 5.91 Å². The highest BCUT2D eigenvalue weighted by atomic mass is 16.4. The molecule has 0 spiro atoms. The number of aromatic hydroxyl groups is 1. The van der Waals surface area contributed by atoms with E-state index in [-0.39, 0.29) is 29.7 Å². The Bertz CT molecular complexity index is 1430. The number of carboxylic acid groups (broad SMARTS) is 1. The van der Waals surface area contributed by atoms with Crippen LogP contribution in [0.2, 0.25) is 0 Å². The Morgan fingerprint density at radius 3 is 2.02 bits per heavy atom. The number of fused-ring (bicyclic) bond motifs is 3. The summed E-state index contributed by atoms with van der Waals surface area (Å²) in [4.78, 5) is 52.2. The summed E-state index contributed by atoms with van der Waals surface area (Å²) >= 11 is 0. The SMILES string of the molecule is CCCCCCCCCCCC(=O)O.CN(C)c1ccc(O)c2c1C[C@H]1C[C@@H]3[C@H](N(C)C)C(O)=C(C(N)=O)C(=O)[C@@]3(O)C(O)=C1C2=O. The Labute approximate surface area is 276 Å². The molecule has 4 atom stereocenters. The van der Waals surface area contributed by atoms with Gasteiger partial charge < -0.3 is 36.2 Å². The van der Waals surface area contributed by atoms with E-state index in [4.69, 9.17) is 10.8 Å². The number of aliphatic carboxylic acids is 1. The van der Waals surface area contributed by atoms with Gasteiger partial charge in [0.1, 0.15) is 22.8 Å². The number of rotatable bonds is 13. The molecule has 4 rings (SSSR count). The summed E-state index contributed by atoms with van der Waals surface area (Å²) in [7, 11) is 6.79. The molecule has 47 heavy (non-hydrogen) atoms. The first-order chi connectivity index (χ1) is 22.1. The monoisotopic (exact) mass is 657 g/mol. The Balaban J connectivity index is 0.000000363. The molecule has 3 aliphatic rings. The van der Waals surface area contributed by atoms with Crippen molar-refractivity contribution in [3.63, 3.8) is 0 Å². The summed E-state index contributed by atoms with van der Waals surface area (Å²) in [6.45, 7) is 2.23. The van der Waals surface area contributed by atoms with Gasteiger partial charge in [-0.3, -0.25) is 24.1 Å². The van der Waals surface area contributed by atoms with Crippen LogP contribution in [0.5, 0.6) is 5.75 Å². The molecule has 1 amide bonds. The van der Waals surface area contributed by atoms with E-state index in [1.807, 2.05) is 0 Å². The van der Waals surface area contributed by atoms with Gasteiger partial charge in [0, 0.05) is 37.7 Å². The fraction of sp³-hybridized carbons (Fsp3) is 0.600. The number of aliphatic hydroxyl groups is 3. The summed E-state index contributed by atoms with van der Waals surface area (Å²) < 4.78 is 0. The van der Waals surface area contributed by atoms with Gasteiger partial charge in [-0.2, -0.15) is 0 Å². The van der Waals surface area contributed by atoms with Crippen molar-refractivity contribution >= 4 is 29.1 Å². The standard InChI is InChI=1S/C23H27N3O7.C12H24O2/c1-25(2)12-5-6-13(27)15-10(12)7-9-8-11-17(26(3)4)19(29)16(22(24)32)21(31)23(11,33)20(30)14(9)18(15)28;1-2-3-4-5-6-7-8-9-10-11-12(13)14/h5-6,9,11,17,27,29-30,33H,7-8H2,1-4H3,(H2,24,32);2-11H2,1H3,(H,13,14)/t9-,11+,17-,23-;/m0./s1. The number of allylic oxidation sites excluding steroid dienone is 1. The van der Waals surface area contributed by atoms with Crippen LogP contribution >= 0.6 is 0 Å². The third-order valence-corrected chi connectivity index (χ3v) is 9.56. The predicted molar refractivity (Wildman–Crippen MR) is 177 cm³/mol. The van der Waals surface area contributed by atoms with Crippen LogP contribution in [-0.2, 0) is 20.8 Å². The lowest BCUT2D eigenvalue weighted by Gasteiger charge is -2.50. The summed E-state index contributed by atoms with van der Waals surface area (Å²) in [6.07, 6.45) is 11.8. The highest BCUT2D eigenvalue weighted by Gasteiger charge is 2.63. The minimum Gasteiger partial charge on any atom is -0.510 e. The maximum atomic E-state index is 13.5. The number of hydrogen-bond acceptors (Lipinski definition) is 10. The third kappa shape index (κ3) is 7.65. The minimum atomic E-state index is -2.63. The molecular formula is C35H51N3O9. The molecule has 1 aromatic rings. The normalized spacial score (nSPS) is 23.5. The minimum absolute atomic E-state index is 0.00184. The van der Waals surface area contributed by atoms with Crippen molar-refractivity contribution in [3.05, 3.63) is 45.9 Å². The molecule has 0 radical (unpaired) electrons. The molecule has 0 unspecified atom stereocenters. The average Bonchev–Trinajstić information content (AvgIpc) is 2.98. The zero-order valence-corrected chi connectivity index (χ0v) is 28.2. The van der Waals surface area contributed by atoms with Gasteiger partial charge in [-0.15, -0.1) is 0 Å². The van der Waals surface area contributed by atoms with E-state index in [2.05, 4.69) is 6.92 Å². The van der Waals surface area contributed by atoms with Gasteiger partial charge in [-0.1, -0.05) is 58.3 Å². The van der Waals surface area contributed by atoms with Gasteiger partial charge in [-0.05, 0) is 57.0 Å². The highest BCUT2D eigenvalue weighted by Crippen LogP contribution is 2.53. The lowest BCUT2D eigenvalue weighted by atomic mass is 9.58. The van der Waals surface area contributed by atoms with E-state index in [1.165, 1.54) is 55.9 Å². The Morgan fingerprint density at radius 2 is 1.51 bits per heavy atom. The fourth-order valence-electron chi connectivity index (χ4n) is 7.24. The third-order valence-electron chi connectivity index (χ3n) is 9.56. The van der Waals surface area contributed by atoms with Crippen LogP contribution in [0.15, 0.2) is 34.8 Å². The zero-order chi connectivity index (χ0) is 35.2. The molecule has 0 heterocycles. The first-order valence-electron chi connectivity index (χ1n) is 16.5. The molecule has 12 nitrogen and oxygen atoms in total. The number of nitrogens with zero attached hydrogens (tertiary/aromatic N) is 2. The number of phenolic OH excluding ortho intramolecular Hbond substituents is 1. The molecule has 0 saturated heterocycles. The van der Waals surface area contributed by atoms with E-state index in [0.717, 1.165) is 18.5 Å². The van der Waals surface area contributed by atoms with Crippen LogP contribution in [0.1, 0.15) is 93.5 Å². The Hall–Kier alpha value is -3.90. The Kier molecular flexibility index (Phi) is 12.6. The summed E-state index contributed by atoms with van der Waals surface area (Å²) in [5.74, 6) is -7.19. The zero-order valence-electron chi connectivity index (χ0n) is 28.2. The molecule has 0 saturated carbocycles. The summed E-state index contributed by atoms with van der Waals surface area (Å²) in [5.41, 5.74) is 3.02. The Morgan fingerprint density at radius 1 is 0.936 bits per heavy atom. The van der Waals surface area contributed by atoms with Crippen molar-refractivity contribution in [1.29, 1.82) is 0 Å². The number of ketones is 2. The van der Waals surface area contributed by atoms with Gasteiger partial charge in [0.2, 0.25) is 5.78 Å². The topological polar surface area (TPSA) is 202 Å². The van der Waals surface area contributed by atoms with Crippen molar-refractivity contribution in [3.8, 4) is 5.75 Å². The molecule has 1 aromatic carbocycles. The molecule has 3 aliphatic carbocycles. The first kappa shape index (κ1) is 37.6. The molecule has 0 fully saturated rings. The summed E-state index contributed by atoms with van der Waals surface area (Å²) in [5, 5.41) is 52.3. The van der Waals surface area contributed by atoms with Crippen molar-refractivity contribution < 1.29 is 44.7 Å². The second kappa shape index (κ2) is 15.8. The molecule has 7 N–H and O–H groups in total. The summed E-state index contributed by atoms with van der Waals surface area (Å²) in [6, 6.07) is 2.06. The number of likely N-dealkylation sites (N-methyl/N-ethyl adjacent to an activating group) is 1. The first-order valence-corrected chi connectivity index (χ1v) is 16.5. The van der Waals surface area contributed by atoms with E-state index < -0.39 is 64.0 Å². The molecular weight excluding hydrogens is 606 g/mol. The van der Waals surface area contributed by atoms with Crippen molar-refractivity contribution in [2.24, 2.45) is 17.6 Å². The number of benzene rings is 1. The molecule has 12 heteroatoms. The fourth-order valence-corrected chi connectivity index (χ4v) is 7.24. The number of anilines is 1. The average molecular weight is 658 g/mol. The number of carbonyl (C=O) groups excluding carboxylic acids is 3. The van der Waals surface area contributed by atoms with E-state index in [9.17, 15) is 39.6 Å². The predicted octanol–water partition coefficient (Wildman–Crippen LogP) is 4.18. The van der Waals surface area contributed by atoms with Crippen molar-refractivity contribution in [2.45, 2.75) is 95.6 Å². The van der Waals surface area contributed by atoms with Crippen LogP contribution < -0.4 is 10.6 Å². The number of amides is 1. The number of phenols is 1. The van der Waals surface area contributed by atoms with Crippen LogP contribution in [0.25, 0.3) is 0 Å². The lowest BCUT2D eigenvalue weighted by Crippen LogP contribution is -2.63. The number of hydrogen-bond donors (Lipinski definition) is 6. The second-order valence-electron chi connectivity index (χ2n) is 13.3. The van der Waals surface area contributed by atoms with Crippen molar-refractivity contribution in [1.82, 2.24) is 4.90 Å². The number of carbonyl (C=O) groups is 4. The molecule has 0 bridgehead atoms. The quantitative estimate of drug-likeness (QED) is 0.131. The number of Topliss-reactive ketones (excluding diaryl/α,β-unsaturated/α-hetero) is 2. The van der Waals surface area contributed by atoms with E-state index in [0.29, 0.717) is 12.0 Å². The van der Waals surface area contributed by atoms with Crippen molar-refractivity contribution in [2.75, 3.05) is 33.1 Å². The van der Waals surface area contributed by atoms with Gasteiger partial charge in [-0.25, -0.2) is 0 Å². The van der Waals surface area contributed by atoms with Crippen LogP contribution in [0.3, 0.4) is 0 Å². The van der Waals surface area contributed by atoms with Crippen LogP contribution in [0, 0.1) is 11.8 Å². The maximum Gasteiger partial charge on any atom is 0.303 e. The molecule has 0 aliphatic heterocycles. The highest BCUT2D eigenvalue weighted by molar-refractivity contribution is 6.24. The van der Waals surface area contributed by atoms with Gasteiger partial charge in [0.05, 0.1) is 11.6 Å². The van der Waals surface area contributed by atoms with Crippen LogP contribution in [-0.4, -0.2) is 93.7 Å². The number of primary amides is 1. The van der Waals surface area contributed by atoms with Gasteiger partial charge in [0.15, 0.2) is 11.4 Å². The van der Waals surface area contributed by atoms with E-state index >= 15 is 0 Å². The van der Waals surface area contributed by atoms with E-state index in [1.54, 1.807) is 39.2 Å². The molecule has 0 aromatic heterocycles. The van der Waals surface area contributed by atoms with Crippen LogP contribution in [0.4, 0.5) is 5.69 Å². The maximum absolute atomic E-state index is 13.5. The molecule has 260 valence electrons. The van der Waals surface area contributed by atoms with Gasteiger partial charge >= 0.3 is 5.97 Å². The lowest BCUT2D eigenvalue weighted by molar-refractivity contribution is -0.148. The second-order valence-corrected chi connectivity index (χ2v) is 13.3. The largest absolute Gasteiger partial charge is 0.510 e. The number of unbranched alkanes of at least 4 members (excludes halogenated alkanes) is 8. The number of carboxylic acids is 1. The number of aliphatic hydroxyl groups excluding tert-OH is 2.